The minimum atomic E-state index is -0.330. The van der Waals surface area contributed by atoms with Crippen molar-refractivity contribution in [1.82, 2.24) is 15.0 Å². The normalized spacial score (nSPS) is 10.5. The van der Waals surface area contributed by atoms with Crippen LogP contribution in [0.15, 0.2) is 48.5 Å². The highest BCUT2D eigenvalue weighted by Crippen LogP contribution is 2.19. The van der Waals surface area contributed by atoms with Crippen LogP contribution in [0.4, 0.5) is 5.69 Å². The second-order valence-electron chi connectivity index (χ2n) is 5.10. The first kappa shape index (κ1) is 16.0. The number of nitrogens with zero attached hydrogens (tertiary/aromatic N) is 3. The molecule has 1 aromatic heterocycles. The van der Waals surface area contributed by atoms with Crippen LogP contribution in [0.1, 0.15) is 16.2 Å². The van der Waals surface area contributed by atoms with Gasteiger partial charge in [0.05, 0.1) is 18.5 Å². The molecule has 1 N–H and O–H groups in total. The molecule has 0 unspecified atom stereocenters. The van der Waals surface area contributed by atoms with Crippen LogP contribution in [-0.2, 0) is 0 Å². The summed E-state index contributed by atoms with van der Waals surface area (Å²) in [6.45, 7) is 1.79. The van der Waals surface area contributed by atoms with E-state index >= 15 is 0 Å². The van der Waals surface area contributed by atoms with E-state index < -0.39 is 0 Å². The van der Waals surface area contributed by atoms with Crippen molar-refractivity contribution in [1.29, 1.82) is 0 Å². The quantitative estimate of drug-likeness (QED) is 0.788. The lowest BCUT2D eigenvalue weighted by Gasteiger charge is -2.06. The maximum absolute atomic E-state index is 12.4. The van der Waals surface area contributed by atoms with Crippen LogP contribution in [0.3, 0.4) is 0 Å². The number of anilines is 1. The van der Waals surface area contributed by atoms with Crippen molar-refractivity contribution < 1.29 is 9.53 Å². The lowest BCUT2D eigenvalue weighted by molar-refractivity contribution is 0.102. The summed E-state index contributed by atoms with van der Waals surface area (Å²) in [7, 11) is 1.60. The van der Waals surface area contributed by atoms with E-state index in [-0.39, 0.29) is 11.6 Å². The zero-order chi connectivity index (χ0) is 17.1. The Kier molecular flexibility index (Phi) is 4.48. The molecule has 0 saturated heterocycles. The highest BCUT2D eigenvalue weighted by atomic mass is 35.5. The zero-order valence-corrected chi connectivity index (χ0v) is 13.9. The third-order valence-corrected chi connectivity index (χ3v) is 3.76. The highest BCUT2D eigenvalue weighted by molar-refractivity contribution is 6.30. The Hall–Kier alpha value is -2.86. The van der Waals surface area contributed by atoms with Gasteiger partial charge in [0.25, 0.3) is 5.91 Å². The number of ether oxygens (including phenoxy) is 1. The summed E-state index contributed by atoms with van der Waals surface area (Å²) in [5, 5.41) is 11.4. The van der Waals surface area contributed by atoms with Crippen LogP contribution in [0.5, 0.6) is 5.75 Å². The van der Waals surface area contributed by atoms with Gasteiger partial charge in [-0.3, -0.25) is 4.79 Å². The van der Waals surface area contributed by atoms with Crippen LogP contribution in [0.2, 0.25) is 5.02 Å². The van der Waals surface area contributed by atoms with Gasteiger partial charge in [0.15, 0.2) is 5.69 Å². The average Bonchev–Trinajstić information content (AvgIpc) is 2.98. The smallest absolute Gasteiger partial charge is 0.278 e. The van der Waals surface area contributed by atoms with E-state index in [1.165, 1.54) is 0 Å². The Morgan fingerprint density at radius 1 is 1.21 bits per heavy atom. The number of aromatic nitrogens is 3. The van der Waals surface area contributed by atoms with E-state index in [4.69, 9.17) is 16.3 Å². The van der Waals surface area contributed by atoms with E-state index in [1.807, 2.05) is 24.3 Å². The molecule has 1 amide bonds. The van der Waals surface area contributed by atoms with Crippen molar-refractivity contribution >= 4 is 23.2 Å². The highest BCUT2D eigenvalue weighted by Gasteiger charge is 2.17. The van der Waals surface area contributed by atoms with Crippen molar-refractivity contribution in [2.45, 2.75) is 6.92 Å². The van der Waals surface area contributed by atoms with Crippen LogP contribution < -0.4 is 10.1 Å². The molecule has 0 aliphatic rings. The molecule has 3 aromatic rings. The lowest BCUT2D eigenvalue weighted by atomic mass is 10.2. The van der Waals surface area contributed by atoms with Crippen molar-refractivity contribution in [2.75, 3.05) is 12.4 Å². The first-order valence-electron chi connectivity index (χ1n) is 7.22. The zero-order valence-electron chi connectivity index (χ0n) is 13.2. The molecule has 6 nitrogen and oxygen atoms in total. The number of benzene rings is 2. The number of carbonyl (C=O) groups is 1. The fourth-order valence-electron chi connectivity index (χ4n) is 2.25. The summed E-state index contributed by atoms with van der Waals surface area (Å²) in [6.07, 6.45) is 0. The van der Waals surface area contributed by atoms with Crippen molar-refractivity contribution in [2.24, 2.45) is 0 Å². The molecule has 0 radical (unpaired) electrons. The summed E-state index contributed by atoms with van der Waals surface area (Å²) in [5.41, 5.74) is 2.30. The van der Waals surface area contributed by atoms with Crippen LogP contribution in [0.25, 0.3) is 5.69 Å². The number of carbonyl (C=O) groups excluding carboxylic acids is 1. The number of halogens is 1. The van der Waals surface area contributed by atoms with Crippen molar-refractivity contribution in [3.05, 3.63) is 64.9 Å². The lowest BCUT2D eigenvalue weighted by Crippen LogP contribution is -2.14. The summed E-state index contributed by atoms with van der Waals surface area (Å²) in [6, 6.07) is 14.2. The molecule has 0 saturated carbocycles. The van der Waals surface area contributed by atoms with Gasteiger partial charge in [-0.15, -0.1) is 5.10 Å². The molecule has 0 atom stereocenters. The van der Waals surface area contributed by atoms with Gasteiger partial charge in [0.2, 0.25) is 0 Å². The molecule has 0 aliphatic carbocycles. The van der Waals surface area contributed by atoms with E-state index in [0.717, 1.165) is 5.69 Å². The maximum atomic E-state index is 12.4. The summed E-state index contributed by atoms with van der Waals surface area (Å²) in [4.78, 5) is 12.4. The molecular formula is C17H15ClN4O2. The van der Waals surface area contributed by atoms with Gasteiger partial charge in [-0.05, 0) is 43.3 Å². The molecule has 3 rings (SSSR count). The molecule has 0 bridgehead atoms. The fourth-order valence-corrected chi connectivity index (χ4v) is 2.38. The van der Waals surface area contributed by atoms with Gasteiger partial charge in [-0.2, -0.15) is 0 Å². The monoisotopic (exact) mass is 342 g/mol. The number of nitrogens with one attached hydrogen (secondary N) is 1. The Morgan fingerprint density at radius 3 is 2.67 bits per heavy atom. The molecular weight excluding hydrogens is 328 g/mol. The largest absolute Gasteiger partial charge is 0.497 e. The molecule has 0 aliphatic heterocycles. The first-order chi connectivity index (χ1) is 11.6. The van der Waals surface area contributed by atoms with Gasteiger partial charge >= 0.3 is 0 Å². The third kappa shape index (κ3) is 3.23. The second kappa shape index (κ2) is 6.72. The minimum absolute atomic E-state index is 0.257. The number of methoxy groups -OCH3 is 1. The molecule has 1 heterocycles. The third-order valence-electron chi connectivity index (χ3n) is 3.51. The van der Waals surface area contributed by atoms with Gasteiger partial charge < -0.3 is 10.1 Å². The van der Waals surface area contributed by atoms with Crippen LogP contribution >= 0.6 is 11.6 Å². The number of hydrogen-bond donors (Lipinski definition) is 1. The molecule has 24 heavy (non-hydrogen) atoms. The van der Waals surface area contributed by atoms with Crippen molar-refractivity contribution in [3.63, 3.8) is 0 Å². The molecule has 0 fully saturated rings. The topological polar surface area (TPSA) is 69.0 Å². The standard InChI is InChI=1S/C17H15ClN4O2/c1-11-16(17(23)19-13-8-6-12(18)7-9-13)20-21-22(11)14-4-3-5-15(10-14)24-2/h3-10H,1-2H3,(H,19,23). The van der Waals surface area contributed by atoms with Crippen molar-refractivity contribution in [3.8, 4) is 11.4 Å². The maximum Gasteiger partial charge on any atom is 0.278 e. The van der Waals surface area contributed by atoms with Gasteiger partial charge in [0, 0.05) is 16.8 Å². The minimum Gasteiger partial charge on any atom is -0.497 e. The predicted molar refractivity (Wildman–Crippen MR) is 92.1 cm³/mol. The van der Waals surface area contributed by atoms with E-state index in [0.29, 0.717) is 22.2 Å². The van der Waals surface area contributed by atoms with Gasteiger partial charge in [-0.1, -0.05) is 22.9 Å². The summed E-state index contributed by atoms with van der Waals surface area (Å²) >= 11 is 5.84. The average molecular weight is 343 g/mol. The summed E-state index contributed by atoms with van der Waals surface area (Å²) < 4.78 is 6.80. The van der Waals surface area contributed by atoms with E-state index in [1.54, 1.807) is 43.0 Å². The SMILES string of the molecule is COc1cccc(-n2nnc(C(=O)Nc3ccc(Cl)cc3)c2C)c1. The van der Waals surface area contributed by atoms with E-state index in [9.17, 15) is 4.79 Å². The van der Waals surface area contributed by atoms with Gasteiger partial charge in [-0.25, -0.2) is 4.68 Å². The van der Waals surface area contributed by atoms with Crippen LogP contribution in [0, 0.1) is 6.92 Å². The Balaban J connectivity index is 1.86. The van der Waals surface area contributed by atoms with Gasteiger partial charge in [0.1, 0.15) is 5.75 Å². The van der Waals surface area contributed by atoms with Crippen LogP contribution in [-0.4, -0.2) is 28.0 Å². The van der Waals surface area contributed by atoms with E-state index in [2.05, 4.69) is 15.6 Å². The Labute approximate surface area is 144 Å². The number of amides is 1. The molecule has 0 spiro atoms. The molecule has 122 valence electrons. The predicted octanol–water partition coefficient (Wildman–Crippen LogP) is 3.49. The first-order valence-corrected chi connectivity index (χ1v) is 7.60. The molecule has 7 heteroatoms. The number of rotatable bonds is 4. The Bertz CT molecular complexity index is 875. The second-order valence-corrected chi connectivity index (χ2v) is 5.53. The number of hydrogen-bond acceptors (Lipinski definition) is 4. The molecule has 2 aromatic carbocycles. The fraction of sp³-hybridized carbons (Fsp3) is 0.118. The summed E-state index contributed by atoms with van der Waals surface area (Å²) in [5.74, 6) is 0.374. The Morgan fingerprint density at radius 2 is 1.96 bits per heavy atom.